The van der Waals surface area contributed by atoms with Gasteiger partial charge in [-0.3, -0.25) is 0 Å². The first kappa shape index (κ1) is 12.8. The lowest BCUT2D eigenvalue weighted by Crippen LogP contribution is -2.24. The molecule has 0 aromatic heterocycles. The van der Waals surface area contributed by atoms with Crippen LogP contribution < -0.4 is 10.1 Å². The second-order valence-corrected chi connectivity index (χ2v) is 6.76. The van der Waals surface area contributed by atoms with Crippen molar-refractivity contribution >= 4 is 5.69 Å². The van der Waals surface area contributed by atoms with Gasteiger partial charge < -0.3 is 10.1 Å². The summed E-state index contributed by atoms with van der Waals surface area (Å²) >= 11 is 0. The molecule has 0 unspecified atom stereocenters. The van der Waals surface area contributed by atoms with Gasteiger partial charge in [0.05, 0.1) is 0 Å². The second kappa shape index (κ2) is 4.52. The summed E-state index contributed by atoms with van der Waals surface area (Å²) in [5.74, 6) is 1.04. The lowest BCUT2D eigenvalue weighted by molar-refractivity contribution is 0.138. The standard InChI is InChI=1S/C19H21NO/c1-19(2)12-16-11-14(6-8-18(16)21-19)13-5-7-17-15(10-13)4-3-9-20-17/h5-8,10-11,20H,3-4,9,12H2,1-2H3. The van der Waals surface area contributed by atoms with E-state index in [4.69, 9.17) is 4.74 Å². The zero-order chi connectivity index (χ0) is 14.4. The smallest absolute Gasteiger partial charge is 0.123 e. The van der Waals surface area contributed by atoms with E-state index in [0.717, 1.165) is 18.7 Å². The van der Waals surface area contributed by atoms with Crippen molar-refractivity contribution in [2.75, 3.05) is 11.9 Å². The molecule has 4 rings (SSSR count). The first-order chi connectivity index (χ1) is 10.1. The largest absolute Gasteiger partial charge is 0.487 e. The quantitative estimate of drug-likeness (QED) is 0.834. The Kier molecular flexibility index (Phi) is 2.75. The Morgan fingerprint density at radius 3 is 2.62 bits per heavy atom. The molecule has 0 radical (unpaired) electrons. The first-order valence-electron chi connectivity index (χ1n) is 7.80. The Hall–Kier alpha value is -1.96. The number of benzene rings is 2. The van der Waals surface area contributed by atoms with Gasteiger partial charge in [-0.25, -0.2) is 0 Å². The van der Waals surface area contributed by atoms with Crippen LogP contribution >= 0.6 is 0 Å². The third-order valence-corrected chi connectivity index (χ3v) is 4.44. The summed E-state index contributed by atoms with van der Waals surface area (Å²) in [6.45, 7) is 5.39. The molecule has 0 bridgehead atoms. The molecule has 2 aromatic carbocycles. The minimum absolute atomic E-state index is 0.0687. The molecule has 0 atom stereocenters. The molecule has 2 heteroatoms. The van der Waals surface area contributed by atoms with Crippen LogP contribution in [-0.2, 0) is 12.8 Å². The first-order valence-corrected chi connectivity index (χ1v) is 7.80. The number of anilines is 1. The Balaban J connectivity index is 1.72. The fourth-order valence-electron chi connectivity index (χ4n) is 3.44. The van der Waals surface area contributed by atoms with Crippen LogP contribution in [0.4, 0.5) is 5.69 Å². The number of fused-ring (bicyclic) bond motifs is 2. The van der Waals surface area contributed by atoms with Crippen LogP contribution in [0.1, 0.15) is 31.4 Å². The number of ether oxygens (including phenoxy) is 1. The lowest BCUT2D eigenvalue weighted by atomic mass is 9.95. The van der Waals surface area contributed by atoms with Crippen LogP contribution in [0.2, 0.25) is 0 Å². The van der Waals surface area contributed by atoms with E-state index in [-0.39, 0.29) is 5.60 Å². The SMILES string of the molecule is CC1(C)Cc2cc(-c3ccc4c(c3)CCCN4)ccc2O1. The van der Waals surface area contributed by atoms with Gasteiger partial charge in [-0.2, -0.15) is 0 Å². The van der Waals surface area contributed by atoms with Gasteiger partial charge in [0.15, 0.2) is 0 Å². The van der Waals surface area contributed by atoms with Gasteiger partial charge in [0, 0.05) is 18.7 Å². The molecule has 0 saturated heterocycles. The maximum absolute atomic E-state index is 5.97. The van der Waals surface area contributed by atoms with Crippen molar-refractivity contribution in [3.8, 4) is 16.9 Å². The molecule has 2 aliphatic heterocycles. The molecule has 0 saturated carbocycles. The maximum atomic E-state index is 5.97. The van der Waals surface area contributed by atoms with Crippen molar-refractivity contribution in [3.63, 3.8) is 0 Å². The summed E-state index contributed by atoms with van der Waals surface area (Å²) < 4.78 is 5.97. The highest BCUT2D eigenvalue weighted by molar-refractivity contribution is 5.71. The van der Waals surface area contributed by atoms with E-state index in [1.165, 1.54) is 40.8 Å². The van der Waals surface area contributed by atoms with Crippen molar-refractivity contribution in [1.82, 2.24) is 0 Å². The summed E-state index contributed by atoms with van der Waals surface area (Å²) in [6, 6.07) is 13.4. The van der Waals surface area contributed by atoms with E-state index >= 15 is 0 Å². The minimum atomic E-state index is -0.0687. The van der Waals surface area contributed by atoms with E-state index in [1.54, 1.807) is 0 Å². The van der Waals surface area contributed by atoms with E-state index in [0.29, 0.717) is 0 Å². The van der Waals surface area contributed by atoms with Crippen LogP contribution in [0.5, 0.6) is 5.75 Å². The van der Waals surface area contributed by atoms with E-state index in [9.17, 15) is 0 Å². The Morgan fingerprint density at radius 1 is 1.00 bits per heavy atom. The number of rotatable bonds is 1. The fourth-order valence-corrected chi connectivity index (χ4v) is 3.44. The van der Waals surface area contributed by atoms with Crippen molar-refractivity contribution in [2.24, 2.45) is 0 Å². The number of hydrogen-bond donors (Lipinski definition) is 1. The van der Waals surface area contributed by atoms with Gasteiger partial charge >= 0.3 is 0 Å². The van der Waals surface area contributed by atoms with Crippen molar-refractivity contribution in [2.45, 2.75) is 38.7 Å². The highest BCUT2D eigenvalue weighted by Crippen LogP contribution is 2.38. The molecule has 0 aliphatic carbocycles. The van der Waals surface area contributed by atoms with Gasteiger partial charge in [0.2, 0.25) is 0 Å². The summed E-state index contributed by atoms with van der Waals surface area (Å²) in [5.41, 5.74) is 6.61. The molecular formula is C19H21NO. The second-order valence-electron chi connectivity index (χ2n) is 6.76. The molecule has 1 N–H and O–H groups in total. The van der Waals surface area contributed by atoms with Crippen molar-refractivity contribution in [3.05, 3.63) is 47.5 Å². The lowest BCUT2D eigenvalue weighted by Gasteiger charge is -2.18. The number of aryl methyl sites for hydroxylation is 1. The average molecular weight is 279 g/mol. The molecule has 0 spiro atoms. The highest BCUT2D eigenvalue weighted by Gasteiger charge is 2.29. The third-order valence-electron chi connectivity index (χ3n) is 4.44. The summed E-state index contributed by atoms with van der Waals surface area (Å²) in [4.78, 5) is 0. The number of nitrogens with one attached hydrogen (secondary N) is 1. The molecule has 2 aliphatic rings. The normalized spacial score (nSPS) is 18.4. The molecule has 2 nitrogen and oxygen atoms in total. The van der Waals surface area contributed by atoms with Crippen LogP contribution in [0.25, 0.3) is 11.1 Å². The zero-order valence-corrected chi connectivity index (χ0v) is 12.7. The number of hydrogen-bond acceptors (Lipinski definition) is 2. The van der Waals surface area contributed by atoms with Gasteiger partial charge in [-0.05, 0) is 73.2 Å². The minimum Gasteiger partial charge on any atom is -0.487 e. The van der Waals surface area contributed by atoms with Crippen LogP contribution in [0.15, 0.2) is 36.4 Å². The van der Waals surface area contributed by atoms with Gasteiger partial charge in [-0.1, -0.05) is 12.1 Å². The van der Waals surface area contributed by atoms with Crippen molar-refractivity contribution < 1.29 is 4.74 Å². The molecule has 0 fully saturated rings. The monoisotopic (exact) mass is 279 g/mol. The molecule has 2 aromatic rings. The Bertz CT molecular complexity index is 703. The molecular weight excluding hydrogens is 258 g/mol. The predicted molar refractivity (Wildman–Crippen MR) is 87.1 cm³/mol. The molecule has 0 amide bonds. The Labute approximate surface area is 126 Å². The predicted octanol–water partition coefficient (Wildman–Crippen LogP) is 4.43. The maximum Gasteiger partial charge on any atom is 0.123 e. The average Bonchev–Trinajstić information content (AvgIpc) is 2.79. The van der Waals surface area contributed by atoms with Crippen LogP contribution in [0, 0.1) is 0 Å². The third kappa shape index (κ3) is 2.29. The topological polar surface area (TPSA) is 21.3 Å². The van der Waals surface area contributed by atoms with Gasteiger partial charge in [0.1, 0.15) is 11.4 Å². The zero-order valence-electron chi connectivity index (χ0n) is 12.7. The molecule has 21 heavy (non-hydrogen) atoms. The van der Waals surface area contributed by atoms with Gasteiger partial charge in [0.25, 0.3) is 0 Å². The highest BCUT2D eigenvalue weighted by atomic mass is 16.5. The summed E-state index contributed by atoms with van der Waals surface area (Å²) in [6.07, 6.45) is 3.39. The molecule has 108 valence electrons. The van der Waals surface area contributed by atoms with E-state index in [1.807, 2.05) is 0 Å². The van der Waals surface area contributed by atoms with Gasteiger partial charge in [-0.15, -0.1) is 0 Å². The van der Waals surface area contributed by atoms with Crippen LogP contribution in [0.3, 0.4) is 0 Å². The summed E-state index contributed by atoms with van der Waals surface area (Å²) in [5, 5.41) is 3.47. The van der Waals surface area contributed by atoms with Crippen molar-refractivity contribution in [1.29, 1.82) is 0 Å². The molecule has 2 heterocycles. The Morgan fingerprint density at radius 2 is 1.76 bits per heavy atom. The summed E-state index contributed by atoms with van der Waals surface area (Å²) in [7, 11) is 0. The fraction of sp³-hybridized carbons (Fsp3) is 0.368. The van der Waals surface area contributed by atoms with E-state index < -0.39 is 0 Å². The van der Waals surface area contributed by atoms with Crippen LogP contribution in [-0.4, -0.2) is 12.1 Å². The van der Waals surface area contributed by atoms with E-state index in [2.05, 4.69) is 55.6 Å².